The van der Waals surface area contributed by atoms with Crippen LogP contribution < -0.4 is 15.4 Å². The lowest BCUT2D eigenvalue weighted by Crippen LogP contribution is -2.17. The first-order valence-electron chi connectivity index (χ1n) is 7.52. The number of anilines is 2. The van der Waals surface area contributed by atoms with Crippen LogP contribution in [0.15, 0.2) is 60.7 Å². The highest BCUT2D eigenvalue weighted by molar-refractivity contribution is 6.09. The molecule has 0 atom stereocenters. The number of amides is 2. The van der Waals surface area contributed by atoms with Crippen molar-refractivity contribution in [2.24, 2.45) is 0 Å². The van der Waals surface area contributed by atoms with Crippen molar-refractivity contribution in [3.05, 3.63) is 66.2 Å². The zero-order valence-corrected chi connectivity index (χ0v) is 14.0. The summed E-state index contributed by atoms with van der Waals surface area (Å²) < 4.78 is 4.97. The molecule has 0 bridgehead atoms. The highest BCUT2D eigenvalue weighted by Crippen LogP contribution is 2.23. The number of ether oxygens (including phenoxy) is 1. The molecule has 128 valence electrons. The van der Waals surface area contributed by atoms with Gasteiger partial charge in [0.25, 0.3) is 11.8 Å². The van der Waals surface area contributed by atoms with Crippen LogP contribution in [0.3, 0.4) is 0 Å². The number of nitrogens with one attached hydrogen (secondary N) is 2. The van der Waals surface area contributed by atoms with Gasteiger partial charge in [0.05, 0.1) is 11.4 Å². The van der Waals surface area contributed by atoms with Gasteiger partial charge in [0.15, 0.2) is 0 Å². The van der Waals surface area contributed by atoms with Gasteiger partial charge in [-0.2, -0.15) is 0 Å². The smallest absolute Gasteiger partial charge is 0.308 e. The summed E-state index contributed by atoms with van der Waals surface area (Å²) in [6.45, 7) is 6.46. The van der Waals surface area contributed by atoms with Gasteiger partial charge >= 0.3 is 5.97 Å². The molecule has 0 spiro atoms. The van der Waals surface area contributed by atoms with Gasteiger partial charge in [0, 0.05) is 18.1 Å². The molecular formula is C19H18N2O4. The van der Waals surface area contributed by atoms with Crippen molar-refractivity contribution >= 4 is 29.2 Å². The maximum absolute atomic E-state index is 12.4. The lowest BCUT2D eigenvalue weighted by atomic mass is 10.2. The molecule has 0 heterocycles. The lowest BCUT2D eigenvalue weighted by molar-refractivity contribution is -0.131. The first-order chi connectivity index (χ1) is 11.9. The van der Waals surface area contributed by atoms with Gasteiger partial charge in [0.1, 0.15) is 5.75 Å². The molecular weight excluding hydrogens is 320 g/mol. The van der Waals surface area contributed by atoms with E-state index >= 15 is 0 Å². The molecule has 2 aromatic rings. The highest BCUT2D eigenvalue weighted by atomic mass is 16.5. The van der Waals surface area contributed by atoms with Crippen LogP contribution in [0.25, 0.3) is 0 Å². The summed E-state index contributed by atoms with van der Waals surface area (Å²) in [5.74, 6) is -0.918. The van der Waals surface area contributed by atoms with E-state index in [1.807, 2.05) is 0 Å². The van der Waals surface area contributed by atoms with Crippen LogP contribution in [0.2, 0.25) is 0 Å². The monoisotopic (exact) mass is 338 g/mol. The molecule has 6 heteroatoms. The fourth-order valence-electron chi connectivity index (χ4n) is 1.99. The zero-order chi connectivity index (χ0) is 18.4. The van der Waals surface area contributed by atoms with E-state index in [9.17, 15) is 14.4 Å². The van der Waals surface area contributed by atoms with E-state index < -0.39 is 11.9 Å². The van der Waals surface area contributed by atoms with Crippen molar-refractivity contribution in [1.82, 2.24) is 0 Å². The Morgan fingerprint density at radius 1 is 0.920 bits per heavy atom. The Morgan fingerprint density at radius 2 is 1.56 bits per heavy atom. The SMILES string of the molecule is C=C(C)C(=O)Nc1ccccc1NC(=O)c1cccc(OC(C)=O)c1. The van der Waals surface area contributed by atoms with Gasteiger partial charge in [-0.25, -0.2) is 0 Å². The Hall–Kier alpha value is -3.41. The van der Waals surface area contributed by atoms with Gasteiger partial charge in [0.2, 0.25) is 0 Å². The topological polar surface area (TPSA) is 84.5 Å². The third-order valence-corrected chi connectivity index (χ3v) is 3.17. The number of carbonyl (C=O) groups is 3. The molecule has 25 heavy (non-hydrogen) atoms. The molecule has 0 fully saturated rings. The first-order valence-corrected chi connectivity index (χ1v) is 7.52. The number of carbonyl (C=O) groups excluding carboxylic acids is 3. The standard InChI is InChI=1S/C19H18N2O4/c1-12(2)18(23)20-16-9-4-5-10-17(16)21-19(24)14-7-6-8-15(11-14)25-13(3)22/h4-11H,1H2,2-3H3,(H,20,23)(H,21,24). The van der Waals surface area contributed by atoms with Crippen molar-refractivity contribution in [3.8, 4) is 5.75 Å². The van der Waals surface area contributed by atoms with E-state index in [-0.39, 0.29) is 11.7 Å². The van der Waals surface area contributed by atoms with Crippen molar-refractivity contribution in [1.29, 1.82) is 0 Å². The Morgan fingerprint density at radius 3 is 2.16 bits per heavy atom. The average Bonchev–Trinajstić information content (AvgIpc) is 2.56. The van der Waals surface area contributed by atoms with Gasteiger partial charge in [-0.3, -0.25) is 14.4 Å². The van der Waals surface area contributed by atoms with Gasteiger partial charge in [-0.05, 0) is 37.3 Å². The second kappa shape index (κ2) is 7.92. The Balaban J connectivity index is 2.19. The first kappa shape index (κ1) is 17.9. The van der Waals surface area contributed by atoms with Gasteiger partial charge in [-0.15, -0.1) is 0 Å². The molecule has 6 nitrogen and oxygen atoms in total. The summed E-state index contributed by atoms with van der Waals surface area (Å²) in [5.41, 5.74) is 1.58. The summed E-state index contributed by atoms with van der Waals surface area (Å²) in [5, 5.41) is 5.41. The number of hydrogen-bond acceptors (Lipinski definition) is 4. The van der Waals surface area contributed by atoms with Crippen LogP contribution in [0, 0.1) is 0 Å². The predicted molar refractivity (Wildman–Crippen MR) is 95.6 cm³/mol. The van der Waals surface area contributed by atoms with Crippen molar-refractivity contribution in [2.45, 2.75) is 13.8 Å². The minimum Gasteiger partial charge on any atom is -0.427 e. The van der Waals surface area contributed by atoms with Crippen LogP contribution in [0.4, 0.5) is 11.4 Å². The van der Waals surface area contributed by atoms with Crippen LogP contribution >= 0.6 is 0 Å². The number of benzene rings is 2. The minimum absolute atomic E-state index is 0.282. The van der Waals surface area contributed by atoms with Crippen LogP contribution in [0.5, 0.6) is 5.75 Å². The molecule has 0 saturated carbocycles. The maximum Gasteiger partial charge on any atom is 0.308 e. The second-order valence-corrected chi connectivity index (χ2v) is 5.36. The van der Waals surface area contributed by atoms with Gasteiger partial charge < -0.3 is 15.4 Å². The molecule has 0 aliphatic heterocycles. The Labute approximate surface area is 145 Å². The number of para-hydroxylation sites is 2. The normalized spacial score (nSPS) is 9.84. The quantitative estimate of drug-likeness (QED) is 0.497. The Bertz CT molecular complexity index is 843. The van der Waals surface area contributed by atoms with Crippen LogP contribution in [-0.2, 0) is 9.59 Å². The third kappa shape index (κ3) is 5.04. The summed E-state index contributed by atoms with van der Waals surface area (Å²) in [6.07, 6.45) is 0. The average molecular weight is 338 g/mol. The number of esters is 1. The van der Waals surface area contributed by atoms with Crippen LogP contribution in [-0.4, -0.2) is 17.8 Å². The fourth-order valence-corrected chi connectivity index (χ4v) is 1.99. The molecule has 2 aromatic carbocycles. The summed E-state index contributed by atoms with van der Waals surface area (Å²) in [6, 6.07) is 13.1. The largest absolute Gasteiger partial charge is 0.427 e. The fraction of sp³-hybridized carbons (Fsp3) is 0.105. The molecule has 0 aliphatic carbocycles. The molecule has 2 rings (SSSR count). The second-order valence-electron chi connectivity index (χ2n) is 5.36. The van der Waals surface area contributed by atoms with E-state index in [1.54, 1.807) is 49.4 Å². The maximum atomic E-state index is 12.4. The number of hydrogen-bond donors (Lipinski definition) is 2. The molecule has 0 radical (unpaired) electrons. The van der Waals surface area contributed by atoms with E-state index in [4.69, 9.17) is 4.74 Å². The van der Waals surface area contributed by atoms with E-state index in [2.05, 4.69) is 17.2 Å². The third-order valence-electron chi connectivity index (χ3n) is 3.17. The zero-order valence-electron chi connectivity index (χ0n) is 14.0. The summed E-state index contributed by atoms with van der Waals surface area (Å²) in [7, 11) is 0. The number of rotatable bonds is 5. The van der Waals surface area contributed by atoms with Gasteiger partial charge in [-0.1, -0.05) is 24.8 Å². The summed E-state index contributed by atoms with van der Waals surface area (Å²) in [4.78, 5) is 35.3. The molecule has 0 aromatic heterocycles. The van der Waals surface area contributed by atoms with E-state index in [1.165, 1.54) is 13.0 Å². The summed E-state index contributed by atoms with van der Waals surface area (Å²) >= 11 is 0. The molecule has 0 saturated heterocycles. The van der Waals surface area contributed by atoms with Crippen molar-refractivity contribution < 1.29 is 19.1 Å². The van der Waals surface area contributed by atoms with Crippen molar-refractivity contribution in [3.63, 3.8) is 0 Å². The predicted octanol–water partition coefficient (Wildman–Crippen LogP) is 3.38. The molecule has 0 aliphatic rings. The highest BCUT2D eigenvalue weighted by Gasteiger charge is 2.12. The molecule has 0 unspecified atom stereocenters. The lowest BCUT2D eigenvalue weighted by Gasteiger charge is -2.12. The van der Waals surface area contributed by atoms with E-state index in [0.717, 1.165) is 0 Å². The van der Waals surface area contributed by atoms with Crippen molar-refractivity contribution in [2.75, 3.05) is 10.6 Å². The Kier molecular flexibility index (Phi) is 5.68. The molecule has 2 amide bonds. The van der Waals surface area contributed by atoms with Crippen LogP contribution in [0.1, 0.15) is 24.2 Å². The van der Waals surface area contributed by atoms with E-state index in [0.29, 0.717) is 22.5 Å². The molecule has 2 N–H and O–H groups in total. The minimum atomic E-state index is -0.467.